The predicted molar refractivity (Wildman–Crippen MR) is 52.4 cm³/mol. The second-order valence-electron chi connectivity index (χ2n) is 2.12. The van der Waals surface area contributed by atoms with Crippen molar-refractivity contribution in [1.82, 2.24) is 0 Å². The summed E-state index contributed by atoms with van der Waals surface area (Å²) in [4.78, 5) is 0. The smallest absolute Gasteiger partial charge is 0.0554 e. The second kappa shape index (κ2) is 9.66. The van der Waals surface area contributed by atoms with E-state index < -0.39 is 0 Å². The number of hydrogen-bond donors (Lipinski definition) is 2. The molecule has 0 bridgehead atoms. The molecule has 0 aromatic carbocycles. The molecule has 0 aromatic heterocycles. The van der Waals surface area contributed by atoms with Crippen LogP contribution in [0, 0.1) is 0 Å². The van der Waals surface area contributed by atoms with E-state index in [0.29, 0.717) is 0 Å². The standard InChI is InChI=1S/C7H16OS2/c9-6-3-1-2-4-8-5-7-10/h9-10H,1-7H2. The molecular formula is C7H16OS2. The quantitative estimate of drug-likeness (QED) is 0.450. The fraction of sp³-hybridized carbons (Fsp3) is 1.00. The molecule has 0 aliphatic heterocycles. The van der Waals surface area contributed by atoms with Crippen molar-refractivity contribution in [3.05, 3.63) is 0 Å². The van der Waals surface area contributed by atoms with Crippen molar-refractivity contribution in [1.29, 1.82) is 0 Å². The van der Waals surface area contributed by atoms with Gasteiger partial charge in [0.2, 0.25) is 0 Å². The Kier molecular flexibility index (Phi) is 10.3. The molecule has 0 unspecified atom stereocenters. The minimum absolute atomic E-state index is 0.782. The van der Waals surface area contributed by atoms with E-state index in [1.807, 2.05) is 0 Å². The molecule has 0 aliphatic carbocycles. The van der Waals surface area contributed by atoms with Crippen LogP contribution in [0.5, 0.6) is 0 Å². The minimum Gasteiger partial charge on any atom is -0.381 e. The van der Waals surface area contributed by atoms with Gasteiger partial charge in [-0.25, -0.2) is 0 Å². The van der Waals surface area contributed by atoms with E-state index in [0.717, 1.165) is 31.1 Å². The second-order valence-corrected chi connectivity index (χ2v) is 3.01. The highest BCUT2D eigenvalue weighted by atomic mass is 32.1. The zero-order valence-corrected chi connectivity index (χ0v) is 8.04. The summed E-state index contributed by atoms with van der Waals surface area (Å²) in [5.74, 6) is 1.82. The van der Waals surface area contributed by atoms with E-state index in [9.17, 15) is 0 Å². The largest absolute Gasteiger partial charge is 0.381 e. The van der Waals surface area contributed by atoms with Crippen molar-refractivity contribution in [2.45, 2.75) is 19.3 Å². The first-order chi connectivity index (χ1) is 4.91. The Labute approximate surface area is 74.4 Å². The third-order valence-corrected chi connectivity index (χ3v) is 1.68. The van der Waals surface area contributed by atoms with E-state index >= 15 is 0 Å². The number of rotatable bonds is 7. The molecule has 0 saturated carbocycles. The molecule has 0 aromatic rings. The molecule has 0 heterocycles. The van der Waals surface area contributed by atoms with Gasteiger partial charge in [0.05, 0.1) is 6.61 Å². The van der Waals surface area contributed by atoms with Crippen molar-refractivity contribution in [2.75, 3.05) is 24.7 Å². The molecule has 0 spiro atoms. The predicted octanol–water partition coefficient (Wildman–Crippen LogP) is 2.03. The van der Waals surface area contributed by atoms with Gasteiger partial charge in [-0.1, -0.05) is 6.42 Å². The molecule has 10 heavy (non-hydrogen) atoms. The van der Waals surface area contributed by atoms with Gasteiger partial charge in [0.25, 0.3) is 0 Å². The number of hydrogen-bond acceptors (Lipinski definition) is 3. The van der Waals surface area contributed by atoms with Crippen LogP contribution >= 0.6 is 25.3 Å². The van der Waals surface area contributed by atoms with Gasteiger partial charge in [-0.05, 0) is 18.6 Å². The fourth-order valence-electron chi connectivity index (χ4n) is 0.659. The Morgan fingerprint density at radius 1 is 0.800 bits per heavy atom. The Bertz CT molecular complexity index is 51.6. The van der Waals surface area contributed by atoms with Crippen molar-refractivity contribution < 1.29 is 4.74 Å². The van der Waals surface area contributed by atoms with Gasteiger partial charge in [0.1, 0.15) is 0 Å². The summed E-state index contributed by atoms with van der Waals surface area (Å²) in [6, 6.07) is 0. The molecule has 0 saturated heterocycles. The maximum atomic E-state index is 5.23. The lowest BCUT2D eigenvalue weighted by atomic mass is 10.3. The maximum absolute atomic E-state index is 5.23. The summed E-state index contributed by atoms with van der Waals surface area (Å²) in [7, 11) is 0. The molecule has 0 rings (SSSR count). The van der Waals surface area contributed by atoms with Crippen LogP contribution in [-0.2, 0) is 4.74 Å². The molecule has 0 atom stereocenters. The van der Waals surface area contributed by atoms with Crippen molar-refractivity contribution >= 4 is 25.3 Å². The number of ether oxygens (including phenoxy) is 1. The van der Waals surface area contributed by atoms with E-state index in [4.69, 9.17) is 4.74 Å². The molecule has 1 nitrogen and oxygen atoms in total. The summed E-state index contributed by atoms with van der Waals surface area (Å²) in [5.41, 5.74) is 0. The lowest BCUT2D eigenvalue weighted by Crippen LogP contribution is -1.97. The summed E-state index contributed by atoms with van der Waals surface area (Å²) in [6.07, 6.45) is 3.59. The van der Waals surface area contributed by atoms with E-state index in [2.05, 4.69) is 25.3 Å². The van der Waals surface area contributed by atoms with Gasteiger partial charge in [0.15, 0.2) is 0 Å². The van der Waals surface area contributed by atoms with Crippen molar-refractivity contribution in [3.63, 3.8) is 0 Å². The van der Waals surface area contributed by atoms with Crippen LogP contribution in [0.1, 0.15) is 19.3 Å². The molecule has 0 amide bonds. The lowest BCUT2D eigenvalue weighted by molar-refractivity contribution is 0.146. The zero-order valence-electron chi connectivity index (χ0n) is 6.25. The fourth-order valence-corrected chi connectivity index (χ4v) is 1.01. The van der Waals surface area contributed by atoms with Gasteiger partial charge in [-0.15, -0.1) is 0 Å². The molecule has 0 fully saturated rings. The van der Waals surface area contributed by atoms with Gasteiger partial charge >= 0.3 is 0 Å². The molecular weight excluding hydrogens is 164 g/mol. The molecule has 62 valence electrons. The first kappa shape index (κ1) is 10.7. The van der Waals surface area contributed by atoms with Crippen LogP contribution in [0.4, 0.5) is 0 Å². The SMILES string of the molecule is SCCCCCOCCS. The summed E-state index contributed by atoms with van der Waals surface area (Å²) in [6.45, 7) is 1.67. The number of unbranched alkanes of at least 4 members (excludes halogenated alkanes) is 2. The Hall–Kier alpha value is 0.660. The zero-order chi connectivity index (χ0) is 7.66. The molecule has 3 heteroatoms. The molecule has 0 aliphatic rings. The Balaban J connectivity index is 2.65. The lowest BCUT2D eigenvalue weighted by Gasteiger charge is -2.00. The van der Waals surface area contributed by atoms with E-state index in [1.54, 1.807) is 0 Å². The number of thiol groups is 2. The minimum atomic E-state index is 0.782. The highest BCUT2D eigenvalue weighted by Crippen LogP contribution is 1.96. The van der Waals surface area contributed by atoms with Crippen LogP contribution in [0.15, 0.2) is 0 Å². The highest BCUT2D eigenvalue weighted by Gasteiger charge is 1.87. The topological polar surface area (TPSA) is 9.23 Å². The maximum Gasteiger partial charge on any atom is 0.0554 e. The average Bonchev–Trinajstić information content (AvgIpc) is 1.97. The third-order valence-electron chi connectivity index (χ3n) is 1.18. The van der Waals surface area contributed by atoms with E-state index in [1.165, 1.54) is 12.8 Å². The van der Waals surface area contributed by atoms with Crippen LogP contribution in [0.3, 0.4) is 0 Å². The van der Waals surface area contributed by atoms with E-state index in [-0.39, 0.29) is 0 Å². The summed E-state index contributed by atoms with van der Waals surface area (Å²) < 4.78 is 5.23. The van der Waals surface area contributed by atoms with Gasteiger partial charge in [-0.2, -0.15) is 25.3 Å². The average molecular weight is 180 g/mol. The van der Waals surface area contributed by atoms with Gasteiger partial charge < -0.3 is 4.74 Å². The molecule has 0 N–H and O–H groups in total. The monoisotopic (exact) mass is 180 g/mol. The van der Waals surface area contributed by atoms with Crippen LogP contribution < -0.4 is 0 Å². The highest BCUT2D eigenvalue weighted by molar-refractivity contribution is 7.80. The Morgan fingerprint density at radius 2 is 1.60 bits per heavy atom. The van der Waals surface area contributed by atoms with Gasteiger partial charge in [0, 0.05) is 12.4 Å². The van der Waals surface area contributed by atoms with Crippen LogP contribution in [0.2, 0.25) is 0 Å². The molecule has 0 radical (unpaired) electrons. The van der Waals surface area contributed by atoms with Crippen molar-refractivity contribution in [2.24, 2.45) is 0 Å². The first-order valence-electron chi connectivity index (χ1n) is 3.71. The summed E-state index contributed by atoms with van der Waals surface area (Å²) >= 11 is 8.14. The normalized spacial score (nSPS) is 10.2. The van der Waals surface area contributed by atoms with Crippen LogP contribution in [-0.4, -0.2) is 24.7 Å². The van der Waals surface area contributed by atoms with Crippen molar-refractivity contribution in [3.8, 4) is 0 Å². The first-order valence-corrected chi connectivity index (χ1v) is 4.97. The third kappa shape index (κ3) is 8.66. The van der Waals surface area contributed by atoms with Gasteiger partial charge in [-0.3, -0.25) is 0 Å². The summed E-state index contributed by atoms with van der Waals surface area (Å²) in [5, 5.41) is 0. The van der Waals surface area contributed by atoms with Crippen LogP contribution in [0.25, 0.3) is 0 Å². The Morgan fingerprint density at radius 3 is 2.20 bits per heavy atom.